The molecule has 8 heteroatoms. The Bertz CT molecular complexity index is 856. The molecule has 1 saturated heterocycles. The first-order valence-corrected chi connectivity index (χ1v) is 9.02. The number of anilines is 1. The summed E-state index contributed by atoms with van der Waals surface area (Å²) in [4.78, 5) is 19.3. The topological polar surface area (TPSA) is 63.7 Å². The van der Waals surface area contributed by atoms with E-state index in [-0.39, 0.29) is 18.5 Å². The van der Waals surface area contributed by atoms with Gasteiger partial charge in [-0.15, -0.1) is 0 Å². The molecule has 2 aromatic rings. The van der Waals surface area contributed by atoms with Gasteiger partial charge in [-0.2, -0.15) is 4.98 Å². The number of halogens is 2. The van der Waals surface area contributed by atoms with Gasteiger partial charge in [0, 0.05) is 19.2 Å². The molecule has 1 aromatic heterocycles. The van der Waals surface area contributed by atoms with Crippen molar-refractivity contribution in [1.29, 1.82) is 0 Å². The molecule has 0 bridgehead atoms. The Morgan fingerprint density at radius 2 is 2.04 bits per heavy atom. The van der Waals surface area contributed by atoms with Crippen LogP contribution in [0.1, 0.15) is 28.4 Å². The van der Waals surface area contributed by atoms with Crippen molar-refractivity contribution < 1.29 is 23.0 Å². The van der Waals surface area contributed by atoms with Crippen LogP contribution < -0.4 is 15.0 Å². The Hall–Kier alpha value is -2.74. The van der Waals surface area contributed by atoms with E-state index in [4.69, 9.17) is 9.47 Å². The fourth-order valence-electron chi connectivity index (χ4n) is 3.25. The van der Waals surface area contributed by atoms with Gasteiger partial charge in [0.25, 0.3) is 5.91 Å². The molecule has 1 atom stereocenters. The highest BCUT2D eigenvalue weighted by Crippen LogP contribution is 2.27. The maximum Gasteiger partial charge on any atom is 0.257 e. The second kappa shape index (κ2) is 8.52. The van der Waals surface area contributed by atoms with Gasteiger partial charge < -0.3 is 19.7 Å². The molecule has 28 heavy (non-hydrogen) atoms. The van der Waals surface area contributed by atoms with Crippen LogP contribution in [0.25, 0.3) is 0 Å². The number of nitrogens with one attached hydrogen (secondary N) is 1. The maximum atomic E-state index is 13.3. The largest absolute Gasteiger partial charge is 0.480 e. The van der Waals surface area contributed by atoms with Crippen molar-refractivity contribution in [2.75, 3.05) is 31.8 Å². The third-order valence-corrected chi connectivity index (χ3v) is 4.63. The van der Waals surface area contributed by atoms with E-state index in [1.807, 2.05) is 13.0 Å². The second-order valence-electron chi connectivity index (χ2n) is 6.76. The first-order chi connectivity index (χ1) is 13.4. The van der Waals surface area contributed by atoms with Crippen molar-refractivity contribution in [2.24, 2.45) is 0 Å². The summed E-state index contributed by atoms with van der Waals surface area (Å²) in [6, 6.07) is 5.13. The van der Waals surface area contributed by atoms with Gasteiger partial charge in [-0.05, 0) is 43.2 Å². The number of benzene rings is 1. The van der Waals surface area contributed by atoms with Crippen LogP contribution in [-0.4, -0.2) is 43.8 Å². The van der Waals surface area contributed by atoms with Crippen LogP contribution in [0.5, 0.6) is 5.88 Å². The Balaban J connectivity index is 1.81. The molecule has 0 aliphatic carbocycles. The minimum atomic E-state index is -0.691. The molecule has 1 aliphatic rings. The lowest BCUT2D eigenvalue weighted by Gasteiger charge is -2.34. The summed E-state index contributed by atoms with van der Waals surface area (Å²) in [5.74, 6) is -0.883. The predicted octanol–water partition coefficient (Wildman–Crippen LogP) is 2.83. The molecule has 0 unspecified atom stereocenters. The normalized spacial score (nSPS) is 16.8. The molecule has 1 aromatic carbocycles. The first kappa shape index (κ1) is 20.0. The number of aromatic nitrogens is 1. The number of aryl methyl sites for hydroxylation is 1. The number of hydrogen-bond acceptors (Lipinski definition) is 5. The van der Waals surface area contributed by atoms with Crippen LogP contribution in [-0.2, 0) is 11.3 Å². The highest BCUT2D eigenvalue weighted by Gasteiger charge is 2.24. The minimum Gasteiger partial charge on any atom is -0.480 e. The lowest BCUT2D eigenvalue weighted by molar-refractivity contribution is 0.0944. The molecule has 0 spiro atoms. The fourth-order valence-corrected chi connectivity index (χ4v) is 3.25. The lowest BCUT2D eigenvalue weighted by Crippen LogP contribution is -2.44. The average molecular weight is 391 g/mol. The van der Waals surface area contributed by atoms with Crippen molar-refractivity contribution >= 4 is 11.7 Å². The number of hydrogen-bond donors (Lipinski definition) is 1. The van der Waals surface area contributed by atoms with Crippen LogP contribution in [0.15, 0.2) is 24.3 Å². The van der Waals surface area contributed by atoms with E-state index in [0.29, 0.717) is 42.3 Å². The highest BCUT2D eigenvalue weighted by molar-refractivity contribution is 5.98. The van der Waals surface area contributed by atoms with Crippen LogP contribution in [0, 0.1) is 18.6 Å². The number of amides is 1. The summed E-state index contributed by atoms with van der Waals surface area (Å²) in [7, 11) is 1.45. The molecule has 0 radical (unpaired) electrons. The molecule has 0 saturated carbocycles. The average Bonchev–Trinajstić information content (AvgIpc) is 2.65. The summed E-state index contributed by atoms with van der Waals surface area (Å²) in [6.07, 6.45) is 0. The zero-order valence-electron chi connectivity index (χ0n) is 16.1. The number of pyridine rings is 1. The molecule has 1 N–H and O–H groups in total. The van der Waals surface area contributed by atoms with Crippen molar-refractivity contribution in [3.63, 3.8) is 0 Å². The van der Waals surface area contributed by atoms with Gasteiger partial charge >= 0.3 is 0 Å². The van der Waals surface area contributed by atoms with E-state index < -0.39 is 17.5 Å². The van der Waals surface area contributed by atoms with Crippen molar-refractivity contribution in [3.8, 4) is 5.88 Å². The van der Waals surface area contributed by atoms with Gasteiger partial charge in [0.15, 0.2) is 0 Å². The molecule has 1 fully saturated rings. The standard InChI is InChI=1S/C20H23F2N3O3/c1-12-6-17(25-4-5-28-11-13(25)2)24-20(27-3)18(12)19(26)23-10-14-7-15(21)9-16(22)8-14/h6-9,13H,4-5,10-11H2,1-3H3,(H,23,26)/t13-/m1/s1. The Kier molecular flexibility index (Phi) is 6.08. The van der Waals surface area contributed by atoms with Gasteiger partial charge in [0.1, 0.15) is 23.0 Å². The summed E-state index contributed by atoms with van der Waals surface area (Å²) < 4.78 is 37.4. The quantitative estimate of drug-likeness (QED) is 0.849. The van der Waals surface area contributed by atoms with Gasteiger partial charge in [-0.25, -0.2) is 8.78 Å². The van der Waals surface area contributed by atoms with Crippen LogP contribution in [0.2, 0.25) is 0 Å². The van der Waals surface area contributed by atoms with Crippen LogP contribution >= 0.6 is 0 Å². The number of morpholine rings is 1. The number of nitrogens with zero attached hydrogens (tertiary/aromatic N) is 2. The van der Waals surface area contributed by atoms with E-state index in [1.165, 1.54) is 19.2 Å². The second-order valence-corrected chi connectivity index (χ2v) is 6.76. The fraction of sp³-hybridized carbons (Fsp3) is 0.400. The number of carbonyl (C=O) groups is 1. The monoisotopic (exact) mass is 391 g/mol. The molecule has 1 amide bonds. The highest BCUT2D eigenvalue weighted by atomic mass is 19.1. The number of methoxy groups -OCH3 is 1. The number of rotatable bonds is 5. The smallest absolute Gasteiger partial charge is 0.257 e. The van der Waals surface area contributed by atoms with Gasteiger partial charge in [-0.1, -0.05) is 0 Å². The zero-order chi connectivity index (χ0) is 20.3. The molecule has 3 rings (SSSR count). The SMILES string of the molecule is COc1nc(N2CCOC[C@H]2C)cc(C)c1C(=O)NCc1cc(F)cc(F)c1. The van der Waals surface area contributed by atoms with Crippen LogP contribution in [0.4, 0.5) is 14.6 Å². The van der Waals surface area contributed by atoms with Gasteiger partial charge in [-0.3, -0.25) is 4.79 Å². The molecule has 6 nitrogen and oxygen atoms in total. The van der Waals surface area contributed by atoms with Crippen LogP contribution in [0.3, 0.4) is 0 Å². The zero-order valence-corrected chi connectivity index (χ0v) is 16.1. The molecule has 2 heterocycles. The predicted molar refractivity (Wildman–Crippen MR) is 101 cm³/mol. The molecule has 150 valence electrons. The minimum absolute atomic E-state index is 0.0155. The van der Waals surface area contributed by atoms with Crippen molar-refractivity contribution in [1.82, 2.24) is 10.3 Å². The number of ether oxygens (including phenoxy) is 2. The maximum absolute atomic E-state index is 13.3. The van der Waals surface area contributed by atoms with Crippen molar-refractivity contribution in [3.05, 3.63) is 52.6 Å². The van der Waals surface area contributed by atoms with E-state index in [0.717, 1.165) is 6.07 Å². The lowest BCUT2D eigenvalue weighted by atomic mass is 10.1. The Morgan fingerprint density at radius 3 is 2.68 bits per heavy atom. The third kappa shape index (κ3) is 4.39. The number of carbonyl (C=O) groups excluding carboxylic acids is 1. The van der Waals surface area contributed by atoms with Gasteiger partial charge in [0.05, 0.1) is 26.4 Å². The summed E-state index contributed by atoms with van der Waals surface area (Å²) >= 11 is 0. The summed E-state index contributed by atoms with van der Waals surface area (Å²) in [6.45, 7) is 5.75. The van der Waals surface area contributed by atoms with E-state index in [1.54, 1.807) is 6.92 Å². The Labute approximate surface area is 162 Å². The van der Waals surface area contributed by atoms with Crippen molar-refractivity contribution in [2.45, 2.75) is 26.4 Å². The molecular formula is C20H23F2N3O3. The van der Waals surface area contributed by atoms with Gasteiger partial charge in [0.2, 0.25) is 5.88 Å². The summed E-state index contributed by atoms with van der Waals surface area (Å²) in [5.41, 5.74) is 1.32. The van der Waals surface area contributed by atoms with E-state index in [2.05, 4.69) is 15.2 Å². The molecular weight excluding hydrogens is 368 g/mol. The third-order valence-electron chi connectivity index (χ3n) is 4.63. The Morgan fingerprint density at radius 1 is 1.32 bits per heavy atom. The summed E-state index contributed by atoms with van der Waals surface area (Å²) in [5, 5.41) is 2.67. The molecule has 1 aliphatic heterocycles. The first-order valence-electron chi connectivity index (χ1n) is 9.02. The van der Waals surface area contributed by atoms with E-state index in [9.17, 15) is 13.6 Å². The van der Waals surface area contributed by atoms with E-state index >= 15 is 0 Å².